The van der Waals surface area contributed by atoms with Gasteiger partial charge in [0, 0.05) is 6.04 Å². The molecule has 1 rings (SSSR count). The average molecular weight is 220 g/mol. The lowest BCUT2D eigenvalue weighted by Gasteiger charge is -2.17. The summed E-state index contributed by atoms with van der Waals surface area (Å²) in [4.78, 5) is 0. The summed E-state index contributed by atoms with van der Waals surface area (Å²) in [6, 6.07) is 0.473. The highest BCUT2D eigenvalue weighted by Gasteiger charge is 2.05. The Balaban J connectivity index is 0.000000218. The Morgan fingerprint density at radius 2 is 1.55 bits per heavy atom. The number of hydrogen-bond acceptors (Lipinski definition) is 2. The molecule has 0 aromatic rings. The molecule has 1 aliphatic heterocycles. The lowest BCUT2D eigenvalue weighted by Crippen LogP contribution is -2.35. The highest BCUT2D eigenvalue weighted by atomic mass is 35.6. The van der Waals surface area contributed by atoms with E-state index in [1.165, 1.54) is 0 Å². The molecule has 2 nitrogen and oxygen atoms in total. The Bertz CT molecular complexity index is 81.1. The molecule has 11 heavy (non-hydrogen) atoms. The number of nitrogens with one attached hydrogen (secondary N) is 1. The molecule has 1 heterocycles. The molecular formula is C6H13Cl3N2. The van der Waals surface area contributed by atoms with Crippen molar-refractivity contribution in [3.05, 3.63) is 0 Å². The van der Waals surface area contributed by atoms with E-state index in [0.29, 0.717) is 6.04 Å². The Labute approximate surface area is 82.4 Å². The van der Waals surface area contributed by atoms with Gasteiger partial charge in [-0.05, 0) is 25.9 Å². The van der Waals surface area contributed by atoms with Crippen LogP contribution in [0.15, 0.2) is 0 Å². The van der Waals surface area contributed by atoms with Crippen molar-refractivity contribution in [2.75, 3.05) is 13.1 Å². The monoisotopic (exact) mass is 218 g/mol. The highest BCUT2D eigenvalue weighted by molar-refractivity contribution is 6.63. The molecule has 1 saturated heterocycles. The maximum absolute atomic E-state index is 5.59. The summed E-state index contributed by atoms with van der Waals surface area (Å²) < 4.78 is -0.750. The van der Waals surface area contributed by atoms with Crippen LogP contribution in [0.3, 0.4) is 0 Å². The molecule has 0 bridgehead atoms. The maximum Gasteiger partial charge on any atom is 0.180 e. The fourth-order valence-electron chi connectivity index (χ4n) is 0.844. The predicted molar refractivity (Wildman–Crippen MR) is 51.4 cm³/mol. The van der Waals surface area contributed by atoms with Gasteiger partial charge in [0.25, 0.3) is 0 Å². The molecule has 1 aliphatic rings. The van der Waals surface area contributed by atoms with Gasteiger partial charge in [0.05, 0.1) is 0 Å². The molecule has 0 atom stereocenters. The van der Waals surface area contributed by atoms with Gasteiger partial charge < -0.3 is 11.1 Å². The minimum Gasteiger partial charge on any atom is -0.328 e. The Morgan fingerprint density at radius 1 is 1.18 bits per heavy atom. The summed E-state index contributed by atoms with van der Waals surface area (Å²) in [5.74, 6) is 0. The molecule has 3 N–H and O–H groups in total. The molecule has 0 aliphatic carbocycles. The zero-order valence-electron chi connectivity index (χ0n) is 6.19. The second kappa shape index (κ2) is 7.44. The van der Waals surface area contributed by atoms with E-state index in [1.54, 1.807) is 0 Å². The van der Waals surface area contributed by atoms with Gasteiger partial charge in [-0.15, -0.1) is 0 Å². The topological polar surface area (TPSA) is 38.0 Å². The van der Waals surface area contributed by atoms with Crippen LogP contribution in [0, 0.1) is 0 Å². The summed E-state index contributed by atoms with van der Waals surface area (Å²) in [5, 5.41) is 3.24. The Hall–Kier alpha value is 0.790. The molecule has 5 heteroatoms. The number of rotatable bonds is 0. The van der Waals surface area contributed by atoms with E-state index in [4.69, 9.17) is 40.5 Å². The van der Waals surface area contributed by atoms with Gasteiger partial charge in [-0.25, -0.2) is 0 Å². The normalized spacial score (nSPS) is 19.4. The van der Waals surface area contributed by atoms with Gasteiger partial charge in [-0.3, -0.25) is 0 Å². The lowest BCUT2D eigenvalue weighted by molar-refractivity contribution is 0.458. The molecule has 0 amide bonds. The summed E-state index contributed by atoms with van der Waals surface area (Å²) in [5.41, 5.74) is 5.59. The van der Waals surface area contributed by atoms with E-state index < -0.39 is 4.30 Å². The zero-order valence-corrected chi connectivity index (χ0v) is 8.46. The number of hydrogen-bond donors (Lipinski definition) is 2. The third-order valence-corrected chi connectivity index (χ3v) is 1.38. The quantitative estimate of drug-likeness (QED) is 0.609. The molecule has 0 aromatic carbocycles. The standard InChI is InChI=1S/C5H12N2.CHCl3/c6-5-1-3-7-4-2-5;2-1(3)4/h5,7H,1-4,6H2;1H. The first-order valence-corrected chi connectivity index (χ1v) is 4.82. The molecule has 0 aromatic heterocycles. The van der Waals surface area contributed by atoms with Gasteiger partial charge in [0.2, 0.25) is 0 Å². The van der Waals surface area contributed by atoms with Crippen LogP contribution in [0.1, 0.15) is 12.8 Å². The first kappa shape index (κ1) is 11.8. The molecule has 0 radical (unpaired) electrons. The van der Waals surface area contributed by atoms with Crippen molar-refractivity contribution in [3.63, 3.8) is 0 Å². The first-order valence-electron chi connectivity index (χ1n) is 3.51. The summed E-state index contributed by atoms with van der Waals surface area (Å²) in [7, 11) is 0. The van der Waals surface area contributed by atoms with Crippen LogP contribution in [0.25, 0.3) is 0 Å². The Morgan fingerprint density at radius 3 is 1.73 bits per heavy atom. The van der Waals surface area contributed by atoms with Crippen LogP contribution in [0.4, 0.5) is 0 Å². The number of piperidine rings is 1. The van der Waals surface area contributed by atoms with E-state index in [-0.39, 0.29) is 0 Å². The first-order chi connectivity index (χ1) is 5.13. The molecule has 0 spiro atoms. The summed E-state index contributed by atoms with van der Waals surface area (Å²) in [6.07, 6.45) is 2.31. The molecule has 0 saturated carbocycles. The van der Waals surface area contributed by atoms with Crippen molar-refractivity contribution >= 4 is 34.8 Å². The largest absolute Gasteiger partial charge is 0.328 e. The van der Waals surface area contributed by atoms with Crippen molar-refractivity contribution in [3.8, 4) is 0 Å². The zero-order chi connectivity index (χ0) is 8.69. The van der Waals surface area contributed by atoms with E-state index in [1.807, 2.05) is 0 Å². The number of nitrogens with two attached hydrogens (primary N) is 1. The second-order valence-corrected chi connectivity index (χ2v) is 4.31. The van der Waals surface area contributed by atoms with Crippen molar-refractivity contribution in [2.24, 2.45) is 5.73 Å². The SMILES string of the molecule is ClC(Cl)Cl.NC1CCNCC1. The van der Waals surface area contributed by atoms with E-state index >= 15 is 0 Å². The van der Waals surface area contributed by atoms with Crippen molar-refractivity contribution < 1.29 is 0 Å². The van der Waals surface area contributed by atoms with Crippen LogP contribution in [-0.2, 0) is 0 Å². The van der Waals surface area contributed by atoms with Gasteiger partial charge in [-0.1, -0.05) is 34.8 Å². The highest BCUT2D eigenvalue weighted by Crippen LogP contribution is 2.03. The maximum atomic E-state index is 5.59. The van der Waals surface area contributed by atoms with Crippen molar-refractivity contribution in [1.82, 2.24) is 5.32 Å². The Kier molecular flexibility index (Phi) is 7.97. The predicted octanol–water partition coefficient (Wildman–Crippen LogP) is 1.68. The average Bonchev–Trinajstić information content (AvgIpc) is 1.87. The van der Waals surface area contributed by atoms with Crippen molar-refractivity contribution in [2.45, 2.75) is 23.2 Å². The number of alkyl halides is 3. The van der Waals surface area contributed by atoms with Crippen LogP contribution in [0.5, 0.6) is 0 Å². The third-order valence-electron chi connectivity index (χ3n) is 1.38. The minimum atomic E-state index is -0.750. The van der Waals surface area contributed by atoms with Gasteiger partial charge in [-0.2, -0.15) is 0 Å². The smallest absolute Gasteiger partial charge is 0.180 e. The van der Waals surface area contributed by atoms with E-state index in [9.17, 15) is 0 Å². The van der Waals surface area contributed by atoms with Crippen LogP contribution < -0.4 is 11.1 Å². The van der Waals surface area contributed by atoms with Gasteiger partial charge in [0.15, 0.2) is 4.30 Å². The van der Waals surface area contributed by atoms with Gasteiger partial charge >= 0.3 is 0 Å². The lowest BCUT2D eigenvalue weighted by atomic mass is 10.1. The molecule has 1 fully saturated rings. The van der Waals surface area contributed by atoms with Crippen LogP contribution >= 0.6 is 34.8 Å². The summed E-state index contributed by atoms with van der Waals surface area (Å²) in [6.45, 7) is 2.22. The minimum absolute atomic E-state index is 0.473. The van der Waals surface area contributed by atoms with E-state index in [2.05, 4.69) is 5.32 Å². The number of halogens is 3. The molecule has 68 valence electrons. The van der Waals surface area contributed by atoms with Crippen LogP contribution in [-0.4, -0.2) is 23.4 Å². The third kappa shape index (κ3) is 10.8. The van der Waals surface area contributed by atoms with Gasteiger partial charge in [0.1, 0.15) is 0 Å². The fraction of sp³-hybridized carbons (Fsp3) is 1.00. The summed E-state index contributed by atoms with van der Waals surface area (Å²) >= 11 is 14.4. The second-order valence-electron chi connectivity index (χ2n) is 2.33. The fourth-order valence-corrected chi connectivity index (χ4v) is 0.844. The van der Waals surface area contributed by atoms with E-state index in [0.717, 1.165) is 25.9 Å². The van der Waals surface area contributed by atoms with Crippen molar-refractivity contribution in [1.29, 1.82) is 0 Å². The molecular weight excluding hydrogens is 206 g/mol. The molecule has 0 unspecified atom stereocenters. The van der Waals surface area contributed by atoms with Crippen LogP contribution in [0.2, 0.25) is 0 Å².